The van der Waals surface area contributed by atoms with E-state index in [0.29, 0.717) is 0 Å². The molecule has 0 aromatic carbocycles. The van der Waals surface area contributed by atoms with Crippen LogP contribution in [0.25, 0.3) is 0 Å². The predicted octanol–water partition coefficient (Wildman–Crippen LogP) is -0.301. The van der Waals surface area contributed by atoms with E-state index < -0.39 is 11.5 Å². The van der Waals surface area contributed by atoms with Crippen LogP contribution in [-0.4, -0.2) is 28.3 Å². The summed E-state index contributed by atoms with van der Waals surface area (Å²) >= 11 is 0. The van der Waals surface area contributed by atoms with Crippen molar-refractivity contribution in [1.82, 2.24) is 5.32 Å². The predicted molar refractivity (Wildman–Crippen MR) is 43.0 cm³/mol. The Labute approximate surface area is 75.1 Å². The molecule has 0 bridgehead atoms. The van der Waals surface area contributed by atoms with Gasteiger partial charge in [0.25, 0.3) is 0 Å². The molecule has 0 aliphatic carbocycles. The summed E-state index contributed by atoms with van der Waals surface area (Å²) in [6, 6.07) is 0. The molecule has 72 valence electrons. The molecule has 1 aliphatic heterocycles. The highest BCUT2D eigenvalue weighted by atomic mass is 16.4. The number of ketones is 1. The monoisotopic (exact) mass is 185 g/mol. The minimum atomic E-state index is -0.963. The first-order chi connectivity index (χ1) is 5.94. The Bertz CT molecular complexity index is 273. The van der Waals surface area contributed by atoms with Crippen molar-refractivity contribution in [3.05, 3.63) is 0 Å². The molecule has 1 aliphatic rings. The van der Waals surface area contributed by atoms with Gasteiger partial charge < -0.3 is 10.4 Å². The van der Waals surface area contributed by atoms with Crippen molar-refractivity contribution in [2.24, 2.45) is 0 Å². The van der Waals surface area contributed by atoms with Gasteiger partial charge in [-0.3, -0.25) is 14.4 Å². The maximum absolute atomic E-state index is 11.2. The van der Waals surface area contributed by atoms with Gasteiger partial charge in [-0.15, -0.1) is 0 Å². The number of carbonyl (C=O) groups is 3. The van der Waals surface area contributed by atoms with E-state index >= 15 is 0 Å². The zero-order chi connectivity index (χ0) is 10.1. The average molecular weight is 185 g/mol. The Morgan fingerprint density at radius 2 is 2.23 bits per heavy atom. The third-order valence-corrected chi connectivity index (χ3v) is 2.19. The minimum absolute atomic E-state index is 0.109. The van der Waals surface area contributed by atoms with Gasteiger partial charge in [0.2, 0.25) is 5.91 Å². The molecule has 0 aromatic rings. The molecule has 5 nitrogen and oxygen atoms in total. The highest BCUT2D eigenvalue weighted by Gasteiger charge is 2.41. The van der Waals surface area contributed by atoms with Crippen molar-refractivity contribution in [2.75, 3.05) is 0 Å². The SMILES string of the molecule is CC1(CCC(=O)O)NC(=O)CC1=O. The van der Waals surface area contributed by atoms with Crippen LogP contribution in [0.3, 0.4) is 0 Å². The fourth-order valence-corrected chi connectivity index (χ4v) is 1.32. The molecule has 0 radical (unpaired) electrons. The van der Waals surface area contributed by atoms with E-state index in [-0.39, 0.29) is 31.0 Å². The number of amides is 1. The molecule has 5 heteroatoms. The van der Waals surface area contributed by atoms with E-state index in [1.54, 1.807) is 6.92 Å². The fourth-order valence-electron chi connectivity index (χ4n) is 1.32. The summed E-state index contributed by atoms with van der Waals surface area (Å²) in [6.45, 7) is 1.56. The second-order valence-electron chi connectivity index (χ2n) is 3.37. The van der Waals surface area contributed by atoms with Crippen LogP contribution in [0.2, 0.25) is 0 Å². The van der Waals surface area contributed by atoms with E-state index in [4.69, 9.17) is 5.11 Å². The minimum Gasteiger partial charge on any atom is -0.481 e. The fraction of sp³-hybridized carbons (Fsp3) is 0.625. The molecule has 0 spiro atoms. The summed E-state index contributed by atoms with van der Waals surface area (Å²) in [7, 11) is 0. The van der Waals surface area contributed by atoms with Crippen LogP contribution in [0.1, 0.15) is 26.2 Å². The molecular weight excluding hydrogens is 174 g/mol. The molecule has 1 unspecified atom stereocenters. The second kappa shape index (κ2) is 3.16. The van der Waals surface area contributed by atoms with Crippen LogP contribution in [0.5, 0.6) is 0 Å². The largest absolute Gasteiger partial charge is 0.481 e. The number of hydrogen-bond donors (Lipinski definition) is 2. The number of Topliss-reactive ketones (excluding diaryl/α,β-unsaturated/α-hetero) is 1. The maximum atomic E-state index is 11.2. The van der Waals surface area contributed by atoms with Crippen molar-refractivity contribution in [3.63, 3.8) is 0 Å². The van der Waals surface area contributed by atoms with Crippen LogP contribution in [-0.2, 0) is 14.4 Å². The molecule has 1 rings (SSSR count). The smallest absolute Gasteiger partial charge is 0.303 e. The van der Waals surface area contributed by atoms with Gasteiger partial charge in [0.05, 0.1) is 12.0 Å². The average Bonchev–Trinajstić information content (AvgIpc) is 2.23. The van der Waals surface area contributed by atoms with E-state index in [1.807, 2.05) is 0 Å². The molecule has 1 saturated heterocycles. The molecule has 1 heterocycles. The van der Waals surface area contributed by atoms with E-state index in [9.17, 15) is 14.4 Å². The number of carboxylic acid groups (broad SMARTS) is 1. The Balaban J connectivity index is 2.60. The normalized spacial score (nSPS) is 27.5. The van der Waals surface area contributed by atoms with Crippen molar-refractivity contribution in [2.45, 2.75) is 31.7 Å². The summed E-state index contributed by atoms with van der Waals surface area (Å²) in [5.41, 5.74) is -0.963. The van der Waals surface area contributed by atoms with Gasteiger partial charge in [-0.2, -0.15) is 0 Å². The number of carbonyl (C=O) groups excluding carboxylic acids is 2. The lowest BCUT2D eigenvalue weighted by molar-refractivity contribution is -0.137. The number of rotatable bonds is 3. The highest BCUT2D eigenvalue weighted by molar-refractivity contribution is 6.10. The van der Waals surface area contributed by atoms with Gasteiger partial charge in [-0.05, 0) is 13.3 Å². The summed E-state index contributed by atoms with van der Waals surface area (Å²) in [5, 5.41) is 10.9. The quantitative estimate of drug-likeness (QED) is 0.591. The first-order valence-electron chi connectivity index (χ1n) is 4.00. The van der Waals surface area contributed by atoms with Crippen LogP contribution in [0.4, 0.5) is 0 Å². The Morgan fingerprint density at radius 1 is 1.62 bits per heavy atom. The van der Waals surface area contributed by atoms with Crippen LogP contribution < -0.4 is 5.32 Å². The van der Waals surface area contributed by atoms with E-state index in [1.165, 1.54) is 0 Å². The van der Waals surface area contributed by atoms with Crippen molar-refractivity contribution < 1.29 is 19.5 Å². The molecule has 0 saturated carbocycles. The summed E-state index contributed by atoms with van der Waals surface area (Å²) in [6.07, 6.45) is -0.0778. The number of hydrogen-bond acceptors (Lipinski definition) is 3. The number of carboxylic acids is 1. The zero-order valence-electron chi connectivity index (χ0n) is 7.29. The second-order valence-corrected chi connectivity index (χ2v) is 3.37. The van der Waals surface area contributed by atoms with Gasteiger partial charge >= 0.3 is 5.97 Å². The topological polar surface area (TPSA) is 83.5 Å². The lowest BCUT2D eigenvalue weighted by Crippen LogP contribution is -2.43. The molecular formula is C8H11NO4. The molecule has 1 fully saturated rings. The summed E-state index contributed by atoms with van der Waals surface area (Å²) in [4.78, 5) is 32.3. The van der Waals surface area contributed by atoms with E-state index in [0.717, 1.165) is 0 Å². The molecule has 13 heavy (non-hydrogen) atoms. The summed E-state index contributed by atoms with van der Waals surface area (Å²) in [5.74, 6) is -1.51. The van der Waals surface area contributed by atoms with Crippen molar-refractivity contribution in [3.8, 4) is 0 Å². The molecule has 0 aromatic heterocycles. The first kappa shape index (κ1) is 9.70. The lowest BCUT2D eigenvalue weighted by Gasteiger charge is -2.20. The first-order valence-corrected chi connectivity index (χ1v) is 4.00. The van der Waals surface area contributed by atoms with Crippen LogP contribution in [0, 0.1) is 0 Å². The third-order valence-electron chi connectivity index (χ3n) is 2.19. The van der Waals surface area contributed by atoms with E-state index in [2.05, 4.69) is 5.32 Å². The Kier molecular flexibility index (Phi) is 2.36. The van der Waals surface area contributed by atoms with Crippen LogP contribution in [0.15, 0.2) is 0 Å². The molecule has 2 N–H and O–H groups in total. The maximum Gasteiger partial charge on any atom is 0.303 e. The van der Waals surface area contributed by atoms with Gasteiger partial charge in [0, 0.05) is 6.42 Å². The van der Waals surface area contributed by atoms with Crippen LogP contribution >= 0.6 is 0 Å². The van der Waals surface area contributed by atoms with Gasteiger partial charge in [-0.25, -0.2) is 0 Å². The van der Waals surface area contributed by atoms with Gasteiger partial charge in [-0.1, -0.05) is 0 Å². The Morgan fingerprint density at radius 3 is 2.62 bits per heavy atom. The lowest BCUT2D eigenvalue weighted by atomic mass is 9.93. The van der Waals surface area contributed by atoms with Gasteiger partial charge in [0.1, 0.15) is 0 Å². The Hall–Kier alpha value is -1.39. The third kappa shape index (κ3) is 2.05. The zero-order valence-corrected chi connectivity index (χ0v) is 7.29. The number of nitrogens with one attached hydrogen (secondary N) is 1. The highest BCUT2D eigenvalue weighted by Crippen LogP contribution is 2.20. The molecule has 1 atom stereocenters. The molecule has 1 amide bonds. The van der Waals surface area contributed by atoms with Crippen molar-refractivity contribution in [1.29, 1.82) is 0 Å². The van der Waals surface area contributed by atoms with Gasteiger partial charge in [0.15, 0.2) is 5.78 Å². The summed E-state index contributed by atoms with van der Waals surface area (Å²) < 4.78 is 0. The number of aliphatic carboxylic acids is 1. The standard InChI is InChI=1S/C8H11NO4/c1-8(3-2-7(12)13)5(10)4-6(11)9-8/h2-4H2,1H3,(H,9,11)(H,12,13). The van der Waals surface area contributed by atoms with Crippen molar-refractivity contribution >= 4 is 17.7 Å².